The monoisotopic (exact) mass is 258 g/mol. The Bertz CT molecular complexity index is 284. The van der Waals surface area contributed by atoms with Gasteiger partial charge in [0.2, 0.25) is 11.8 Å². The molecule has 5 heteroatoms. The van der Waals surface area contributed by atoms with E-state index in [-0.39, 0.29) is 23.9 Å². The van der Waals surface area contributed by atoms with Crippen molar-refractivity contribution in [3.05, 3.63) is 0 Å². The Balaban J connectivity index is 2.45. The highest BCUT2D eigenvalue weighted by molar-refractivity contribution is 7.99. The number of likely N-dealkylation sites (tertiary alicyclic amines) is 1. The van der Waals surface area contributed by atoms with Crippen molar-refractivity contribution in [2.24, 2.45) is 0 Å². The van der Waals surface area contributed by atoms with E-state index in [1.54, 1.807) is 0 Å². The maximum Gasteiger partial charge on any atom is 0.246 e. The number of nitrogens with one attached hydrogen (secondary N) is 1. The summed E-state index contributed by atoms with van der Waals surface area (Å²) in [6.07, 6.45) is 1.14. The summed E-state index contributed by atoms with van der Waals surface area (Å²) < 4.78 is 0. The summed E-state index contributed by atoms with van der Waals surface area (Å²) in [4.78, 5) is 25.0. The lowest BCUT2D eigenvalue weighted by Gasteiger charge is -2.18. The first-order valence-electron chi connectivity index (χ1n) is 6.28. The van der Waals surface area contributed by atoms with Gasteiger partial charge in [-0.15, -0.1) is 0 Å². The summed E-state index contributed by atoms with van der Waals surface area (Å²) in [5.74, 6) is 1.96. The van der Waals surface area contributed by atoms with Crippen LogP contribution in [0.15, 0.2) is 0 Å². The number of rotatable bonds is 7. The summed E-state index contributed by atoms with van der Waals surface area (Å²) in [6, 6.07) is -0.0372. The Labute approximate surface area is 108 Å². The minimum Gasteiger partial charge on any atom is -0.302 e. The van der Waals surface area contributed by atoms with E-state index in [4.69, 9.17) is 0 Å². The van der Waals surface area contributed by atoms with Gasteiger partial charge >= 0.3 is 0 Å². The van der Waals surface area contributed by atoms with Crippen molar-refractivity contribution >= 4 is 23.6 Å². The van der Waals surface area contributed by atoms with Crippen LogP contribution >= 0.6 is 11.8 Å². The molecular formula is C12H22N2O2S. The molecule has 0 aliphatic carbocycles. The van der Waals surface area contributed by atoms with Crippen molar-refractivity contribution < 1.29 is 9.59 Å². The summed E-state index contributed by atoms with van der Waals surface area (Å²) in [7, 11) is 0. The topological polar surface area (TPSA) is 49.4 Å². The molecule has 2 amide bonds. The predicted octanol–water partition coefficient (Wildman–Crippen LogP) is 1.26. The average molecular weight is 258 g/mol. The van der Waals surface area contributed by atoms with Crippen LogP contribution < -0.4 is 5.32 Å². The first-order chi connectivity index (χ1) is 8.10. The van der Waals surface area contributed by atoms with Gasteiger partial charge in [0.15, 0.2) is 0 Å². The normalized spacial score (nSPS) is 22.3. The second-order valence-electron chi connectivity index (χ2n) is 4.37. The van der Waals surface area contributed by atoms with Gasteiger partial charge in [-0.25, -0.2) is 0 Å². The lowest BCUT2D eigenvalue weighted by atomic mass is 10.2. The minimum atomic E-state index is -0.304. The van der Waals surface area contributed by atoms with Gasteiger partial charge in [-0.1, -0.05) is 13.8 Å². The first kappa shape index (κ1) is 14.5. The molecule has 1 heterocycles. The molecule has 1 aliphatic rings. The summed E-state index contributed by atoms with van der Waals surface area (Å²) in [5, 5.41) is 3.25. The number of hydrogen-bond acceptors (Lipinski definition) is 4. The Kier molecular flexibility index (Phi) is 5.98. The van der Waals surface area contributed by atoms with Crippen molar-refractivity contribution in [3.63, 3.8) is 0 Å². The quantitative estimate of drug-likeness (QED) is 0.698. The molecule has 98 valence electrons. The van der Waals surface area contributed by atoms with E-state index in [9.17, 15) is 9.59 Å². The predicted molar refractivity (Wildman–Crippen MR) is 71.0 cm³/mol. The van der Waals surface area contributed by atoms with Crippen LogP contribution in [0.3, 0.4) is 0 Å². The lowest BCUT2D eigenvalue weighted by molar-refractivity contribution is -0.138. The fourth-order valence-corrected chi connectivity index (χ4v) is 2.64. The summed E-state index contributed by atoms with van der Waals surface area (Å²) in [5.41, 5.74) is 0. The molecule has 0 aromatic rings. The largest absolute Gasteiger partial charge is 0.302 e. The van der Waals surface area contributed by atoms with E-state index in [0.717, 1.165) is 17.9 Å². The fourth-order valence-electron chi connectivity index (χ4n) is 1.96. The van der Waals surface area contributed by atoms with Crippen molar-refractivity contribution in [2.75, 3.05) is 18.1 Å². The number of amides is 2. The standard InChI is InChI=1S/C12H22N2O2S/c1-4-6-14-11(15)7-10(12(14)16)13-9(3)8-17-5-2/h9-10,13H,4-8H2,1-3H3. The zero-order valence-electron chi connectivity index (χ0n) is 10.9. The van der Waals surface area contributed by atoms with Crippen molar-refractivity contribution in [2.45, 2.75) is 45.7 Å². The number of imide groups is 1. The van der Waals surface area contributed by atoms with Crippen LogP contribution in [-0.2, 0) is 9.59 Å². The molecule has 0 spiro atoms. The molecular weight excluding hydrogens is 236 g/mol. The van der Waals surface area contributed by atoms with Crippen LogP contribution in [0.2, 0.25) is 0 Å². The highest BCUT2D eigenvalue weighted by Gasteiger charge is 2.38. The molecule has 1 fully saturated rings. The number of thioether (sulfide) groups is 1. The zero-order chi connectivity index (χ0) is 12.8. The van der Waals surface area contributed by atoms with Crippen LogP contribution in [0, 0.1) is 0 Å². The smallest absolute Gasteiger partial charge is 0.246 e. The molecule has 2 atom stereocenters. The number of nitrogens with zero attached hydrogens (tertiary/aromatic N) is 1. The van der Waals surface area contributed by atoms with E-state index >= 15 is 0 Å². The van der Waals surface area contributed by atoms with Crippen LogP contribution in [0.5, 0.6) is 0 Å². The molecule has 4 nitrogen and oxygen atoms in total. The third kappa shape index (κ3) is 4.00. The highest BCUT2D eigenvalue weighted by atomic mass is 32.2. The Morgan fingerprint density at radius 3 is 2.76 bits per heavy atom. The first-order valence-corrected chi connectivity index (χ1v) is 7.43. The van der Waals surface area contributed by atoms with E-state index in [1.165, 1.54) is 4.90 Å². The van der Waals surface area contributed by atoms with Gasteiger partial charge in [-0.05, 0) is 19.1 Å². The third-order valence-electron chi connectivity index (χ3n) is 2.75. The average Bonchev–Trinajstić information content (AvgIpc) is 2.55. The second-order valence-corrected chi connectivity index (χ2v) is 5.69. The maximum atomic E-state index is 12.0. The number of carbonyl (C=O) groups is 2. The fraction of sp³-hybridized carbons (Fsp3) is 0.833. The molecule has 1 N–H and O–H groups in total. The maximum absolute atomic E-state index is 12.0. The lowest BCUT2D eigenvalue weighted by Crippen LogP contribution is -2.43. The minimum absolute atomic E-state index is 0.0373. The van der Waals surface area contributed by atoms with Crippen LogP contribution in [0.4, 0.5) is 0 Å². The third-order valence-corrected chi connectivity index (χ3v) is 3.89. The zero-order valence-corrected chi connectivity index (χ0v) is 11.7. The highest BCUT2D eigenvalue weighted by Crippen LogP contribution is 2.14. The SMILES string of the molecule is CCCN1C(=O)CC(NC(C)CSCC)C1=O. The van der Waals surface area contributed by atoms with E-state index in [1.807, 2.05) is 18.7 Å². The van der Waals surface area contributed by atoms with Crippen molar-refractivity contribution in [1.82, 2.24) is 10.2 Å². The molecule has 0 aromatic heterocycles. The van der Waals surface area contributed by atoms with Gasteiger partial charge in [-0.3, -0.25) is 14.5 Å². The van der Waals surface area contributed by atoms with Crippen molar-refractivity contribution in [3.8, 4) is 0 Å². The molecule has 1 saturated heterocycles. The van der Waals surface area contributed by atoms with E-state index < -0.39 is 0 Å². The molecule has 0 saturated carbocycles. The van der Waals surface area contributed by atoms with Crippen molar-refractivity contribution in [1.29, 1.82) is 0 Å². The molecule has 17 heavy (non-hydrogen) atoms. The number of carbonyl (C=O) groups excluding carboxylic acids is 2. The van der Waals surface area contributed by atoms with E-state index in [0.29, 0.717) is 13.0 Å². The van der Waals surface area contributed by atoms with Gasteiger partial charge in [-0.2, -0.15) is 11.8 Å². The number of hydrogen-bond donors (Lipinski definition) is 1. The summed E-state index contributed by atoms with van der Waals surface area (Å²) in [6.45, 7) is 6.70. The Morgan fingerprint density at radius 2 is 2.18 bits per heavy atom. The molecule has 1 rings (SSSR count). The van der Waals surface area contributed by atoms with E-state index in [2.05, 4.69) is 19.2 Å². The molecule has 0 radical (unpaired) electrons. The van der Waals surface area contributed by atoms with Gasteiger partial charge < -0.3 is 5.32 Å². The second kappa shape index (κ2) is 7.01. The van der Waals surface area contributed by atoms with Gasteiger partial charge in [0.25, 0.3) is 0 Å². The molecule has 1 aliphatic heterocycles. The summed E-state index contributed by atoms with van der Waals surface area (Å²) >= 11 is 1.84. The van der Waals surface area contributed by atoms with Gasteiger partial charge in [0.1, 0.15) is 0 Å². The van der Waals surface area contributed by atoms with Gasteiger partial charge in [0.05, 0.1) is 12.5 Å². The van der Waals surface area contributed by atoms with Gasteiger partial charge in [0, 0.05) is 18.3 Å². The molecule has 0 bridgehead atoms. The Hall–Kier alpha value is -0.550. The molecule has 2 unspecified atom stereocenters. The van der Waals surface area contributed by atoms with Crippen LogP contribution in [-0.4, -0.2) is 46.8 Å². The van der Waals surface area contributed by atoms with Crippen LogP contribution in [0.25, 0.3) is 0 Å². The van der Waals surface area contributed by atoms with Crippen LogP contribution in [0.1, 0.15) is 33.6 Å². The Morgan fingerprint density at radius 1 is 1.47 bits per heavy atom. The molecule has 0 aromatic carbocycles.